The minimum absolute atomic E-state index is 0.123. The fraction of sp³-hybridized carbons (Fsp3) is 0.500. The quantitative estimate of drug-likeness (QED) is 0.581. The highest BCUT2D eigenvalue weighted by atomic mass is 16.6. The predicted octanol–water partition coefficient (Wildman–Crippen LogP) is 2.76. The van der Waals surface area contributed by atoms with E-state index in [1.54, 1.807) is 0 Å². The second-order valence-corrected chi connectivity index (χ2v) is 4.49. The smallest absolute Gasteiger partial charge is 0.338 e. The fourth-order valence-electron chi connectivity index (χ4n) is 1.60. The molecule has 3 heteroatoms. The summed E-state index contributed by atoms with van der Waals surface area (Å²) in [6.07, 6.45) is 1.22. The van der Waals surface area contributed by atoms with Gasteiger partial charge in [0.1, 0.15) is 12.7 Å². The van der Waals surface area contributed by atoms with Gasteiger partial charge in [-0.2, -0.15) is 0 Å². The molecule has 1 saturated heterocycles. The standard InChI is InChI=1S/C14H18O3/c1-3-10(2)11-4-6-12(7-5-11)14(15)17-9-13-8-16-13/h4-7,10,13H,3,8-9H2,1-2H3. The molecule has 2 atom stereocenters. The summed E-state index contributed by atoms with van der Waals surface area (Å²) in [6.45, 7) is 5.41. The third kappa shape index (κ3) is 3.30. The first-order valence-electron chi connectivity index (χ1n) is 6.09. The minimum Gasteiger partial charge on any atom is -0.459 e. The number of hydrogen-bond donors (Lipinski definition) is 0. The lowest BCUT2D eigenvalue weighted by Gasteiger charge is -2.09. The first-order valence-corrected chi connectivity index (χ1v) is 6.09. The molecule has 1 aliphatic rings. The third-order valence-corrected chi connectivity index (χ3v) is 3.13. The highest BCUT2D eigenvalue weighted by Crippen LogP contribution is 2.19. The van der Waals surface area contributed by atoms with E-state index in [1.807, 2.05) is 24.3 Å². The summed E-state index contributed by atoms with van der Waals surface area (Å²) in [5.74, 6) is 0.260. The molecule has 1 fully saturated rings. The van der Waals surface area contributed by atoms with Crippen LogP contribution < -0.4 is 0 Å². The van der Waals surface area contributed by atoms with Crippen LogP contribution in [0, 0.1) is 0 Å². The third-order valence-electron chi connectivity index (χ3n) is 3.13. The van der Waals surface area contributed by atoms with Gasteiger partial charge < -0.3 is 9.47 Å². The molecule has 1 heterocycles. The first kappa shape index (κ1) is 12.1. The molecule has 0 spiro atoms. The van der Waals surface area contributed by atoms with Crippen molar-refractivity contribution >= 4 is 5.97 Å². The second kappa shape index (κ2) is 5.32. The van der Waals surface area contributed by atoms with Crippen LogP contribution >= 0.6 is 0 Å². The van der Waals surface area contributed by atoms with Gasteiger partial charge in [0.2, 0.25) is 0 Å². The van der Waals surface area contributed by atoms with Crippen LogP contribution in [0.4, 0.5) is 0 Å². The molecular formula is C14H18O3. The summed E-state index contributed by atoms with van der Waals surface area (Å²) < 4.78 is 10.1. The number of epoxide rings is 1. The molecule has 2 rings (SSSR count). The van der Waals surface area contributed by atoms with E-state index >= 15 is 0 Å². The number of ether oxygens (including phenoxy) is 2. The number of benzene rings is 1. The Balaban J connectivity index is 1.93. The molecular weight excluding hydrogens is 216 g/mol. The van der Waals surface area contributed by atoms with E-state index in [9.17, 15) is 4.79 Å². The molecule has 0 aromatic heterocycles. The Labute approximate surface area is 102 Å². The first-order chi connectivity index (χ1) is 8.20. The second-order valence-electron chi connectivity index (χ2n) is 4.49. The van der Waals surface area contributed by atoms with E-state index < -0.39 is 0 Å². The van der Waals surface area contributed by atoms with Crippen LogP contribution in [0.25, 0.3) is 0 Å². The molecule has 0 radical (unpaired) electrons. The van der Waals surface area contributed by atoms with E-state index in [4.69, 9.17) is 9.47 Å². The lowest BCUT2D eigenvalue weighted by Crippen LogP contribution is -2.10. The molecule has 17 heavy (non-hydrogen) atoms. The summed E-state index contributed by atoms with van der Waals surface area (Å²) in [7, 11) is 0. The SMILES string of the molecule is CCC(C)c1ccc(C(=O)OCC2CO2)cc1. The molecule has 0 aliphatic carbocycles. The number of esters is 1. The highest BCUT2D eigenvalue weighted by molar-refractivity contribution is 5.89. The van der Waals surface area contributed by atoms with Crippen molar-refractivity contribution in [1.29, 1.82) is 0 Å². The van der Waals surface area contributed by atoms with Crippen LogP contribution in [0.15, 0.2) is 24.3 Å². The minimum atomic E-state index is -0.267. The van der Waals surface area contributed by atoms with Crippen molar-refractivity contribution in [3.05, 3.63) is 35.4 Å². The van der Waals surface area contributed by atoms with Gasteiger partial charge in [0.25, 0.3) is 0 Å². The molecule has 0 amide bonds. The molecule has 3 nitrogen and oxygen atoms in total. The maximum atomic E-state index is 11.6. The normalized spacial score (nSPS) is 19.8. The van der Waals surface area contributed by atoms with Gasteiger partial charge in [0, 0.05) is 0 Å². The van der Waals surface area contributed by atoms with Crippen molar-refractivity contribution in [3.8, 4) is 0 Å². The van der Waals surface area contributed by atoms with Gasteiger partial charge in [0.15, 0.2) is 0 Å². The van der Waals surface area contributed by atoms with Gasteiger partial charge in [-0.1, -0.05) is 26.0 Å². The molecule has 2 unspecified atom stereocenters. The van der Waals surface area contributed by atoms with Crippen LogP contribution in [0.5, 0.6) is 0 Å². The Morgan fingerprint density at radius 2 is 2.12 bits per heavy atom. The number of carbonyl (C=O) groups excluding carboxylic acids is 1. The summed E-state index contributed by atoms with van der Waals surface area (Å²) in [4.78, 5) is 11.6. The van der Waals surface area contributed by atoms with Crippen LogP contribution in [-0.2, 0) is 9.47 Å². The summed E-state index contributed by atoms with van der Waals surface area (Å²) in [5.41, 5.74) is 1.87. The number of carbonyl (C=O) groups is 1. The predicted molar refractivity (Wildman–Crippen MR) is 65.2 cm³/mol. The zero-order valence-corrected chi connectivity index (χ0v) is 10.3. The van der Waals surface area contributed by atoms with Gasteiger partial charge in [-0.25, -0.2) is 4.79 Å². The molecule has 1 aliphatic heterocycles. The molecule has 0 N–H and O–H groups in total. The van der Waals surface area contributed by atoms with Crippen molar-refractivity contribution in [3.63, 3.8) is 0 Å². The van der Waals surface area contributed by atoms with E-state index in [2.05, 4.69) is 13.8 Å². The largest absolute Gasteiger partial charge is 0.459 e. The number of rotatable bonds is 5. The number of hydrogen-bond acceptors (Lipinski definition) is 3. The van der Waals surface area contributed by atoms with E-state index in [-0.39, 0.29) is 12.1 Å². The molecule has 92 valence electrons. The van der Waals surface area contributed by atoms with Crippen molar-refractivity contribution in [2.45, 2.75) is 32.3 Å². The Hall–Kier alpha value is -1.35. The van der Waals surface area contributed by atoms with Crippen molar-refractivity contribution in [1.82, 2.24) is 0 Å². The van der Waals surface area contributed by atoms with E-state index in [0.717, 1.165) is 6.42 Å². The summed E-state index contributed by atoms with van der Waals surface area (Å²) in [6, 6.07) is 7.66. The Kier molecular flexibility index (Phi) is 3.79. The molecule has 1 aromatic rings. The van der Waals surface area contributed by atoms with Crippen LogP contribution in [-0.4, -0.2) is 25.3 Å². The summed E-state index contributed by atoms with van der Waals surface area (Å²) in [5, 5.41) is 0. The van der Waals surface area contributed by atoms with Crippen molar-refractivity contribution in [2.24, 2.45) is 0 Å². The van der Waals surface area contributed by atoms with Gasteiger partial charge in [-0.15, -0.1) is 0 Å². The zero-order chi connectivity index (χ0) is 12.3. The maximum absolute atomic E-state index is 11.6. The van der Waals surface area contributed by atoms with Crippen LogP contribution in [0.3, 0.4) is 0 Å². The molecule has 0 saturated carbocycles. The average molecular weight is 234 g/mol. The van der Waals surface area contributed by atoms with Crippen molar-refractivity contribution < 1.29 is 14.3 Å². The van der Waals surface area contributed by atoms with Gasteiger partial charge in [-0.05, 0) is 30.0 Å². The molecule has 0 bridgehead atoms. The van der Waals surface area contributed by atoms with Crippen LogP contribution in [0.1, 0.15) is 42.1 Å². The fourth-order valence-corrected chi connectivity index (χ4v) is 1.60. The van der Waals surface area contributed by atoms with E-state index in [1.165, 1.54) is 5.56 Å². The Bertz CT molecular complexity index is 379. The monoisotopic (exact) mass is 234 g/mol. The Morgan fingerprint density at radius 3 is 2.65 bits per heavy atom. The maximum Gasteiger partial charge on any atom is 0.338 e. The zero-order valence-electron chi connectivity index (χ0n) is 10.3. The van der Waals surface area contributed by atoms with Crippen LogP contribution in [0.2, 0.25) is 0 Å². The summed E-state index contributed by atoms with van der Waals surface area (Å²) >= 11 is 0. The van der Waals surface area contributed by atoms with Gasteiger partial charge in [0.05, 0.1) is 12.2 Å². The van der Waals surface area contributed by atoms with Gasteiger partial charge in [-0.3, -0.25) is 0 Å². The highest BCUT2D eigenvalue weighted by Gasteiger charge is 2.24. The van der Waals surface area contributed by atoms with E-state index in [0.29, 0.717) is 24.7 Å². The lowest BCUT2D eigenvalue weighted by molar-refractivity contribution is 0.0476. The topological polar surface area (TPSA) is 38.8 Å². The van der Waals surface area contributed by atoms with Gasteiger partial charge >= 0.3 is 5.97 Å². The molecule has 1 aromatic carbocycles. The lowest BCUT2D eigenvalue weighted by atomic mass is 9.98. The Morgan fingerprint density at radius 1 is 1.47 bits per heavy atom. The average Bonchev–Trinajstić information content (AvgIpc) is 3.19. The van der Waals surface area contributed by atoms with Crippen molar-refractivity contribution in [2.75, 3.05) is 13.2 Å².